The van der Waals surface area contributed by atoms with E-state index in [1.807, 2.05) is 32.0 Å². The standard InChI is InChI=1S/C24H24Cl2N2O2/c1-14-5-4-8-27(13-14)22-21(19-7-6-17(25)12-20(19)26)23(29)28(24(22)30)18-10-15(2)9-16(3)11-18/h6-7,9-12,14H,4-5,8,13H2,1-3H3. The predicted octanol–water partition coefficient (Wildman–Crippen LogP) is 5.63. The zero-order valence-corrected chi connectivity index (χ0v) is 18.8. The second kappa shape index (κ2) is 8.09. The fraction of sp³-hybridized carbons (Fsp3) is 0.333. The lowest BCUT2D eigenvalue weighted by atomic mass is 9.97. The first-order valence-corrected chi connectivity index (χ1v) is 10.9. The van der Waals surface area contributed by atoms with Crippen LogP contribution in [0.5, 0.6) is 0 Å². The Labute approximate surface area is 187 Å². The Balaban J connectivity index is 1.88. The Morgan fingerprint density at radius 3 is 2.30 bits per heavy atom. The van der Waals surface area contributed by atoms with Crippen LogP contribution in [0.25, 0.3) is 5.57 Å². The van der Waals surface area contributed by atoms with Gasteiger partial charge in [0.25, 0.3) is 11.8 Å². The molecule has 0 aromatic heterocycles. The van der Waals surface area contributed by atoms with Gasteiger partial charge in [0, 0.05) is 23.7 Å². The lowest BCUT2D eigenvalue weighted by Gasteiger charge is -2.33. The molecule has 2 aromatic rings. The van der Waals surface area contributed by atoms with E-state index in [2.05, 4.69) is 11.8 Å². The number of hydrogen-bond acceptors (Lipinski definition) is 3. The zero-order chi connectivity index (χ0) is 21.6. The van der Waals surface area contributed by atoms with Gasteiger partial charge in [0.05, 0.1) is 16.3 Å². The van der Waals surface area contributed by atoms with Crippen LogP contribution in [-0.4, -0.2) is 29.8 Å². The molecule has 1 saturated heterocycles. The molecule has 2 amide bonds. The van der Waals surface area contributed by atoms with Gasteiger partial charge in [-0.1, -0.05) is 42.3 Å². The number of nitrogens with zero attached hydrogens (tertiary/aromatic N) is 2. The Bertz CT molecular complexity index is 1060. The van der Waals surface area contributed by atoms with Crippen molar-refractivity contribution in [3.63, 3.8) is 0 Å². The number of rotatable bonds is 3. The van der Waals surface area contributed by atoms with E-state index in [1.165, 1.54) is 4.90 Å². The van der Waals surface area contributed by atoms with Crippen molar-refractivity contribution in [3.05, 3.63) is 68.8 Å². The van der Waals surface area contributed by atoms with Crippen molar-refractivity contribution >= 4 is 46.3 Å². The number of carbonyl (C=O) groups is 2. The van der Waals surface area contributed by atoms with Crippen LogP contribution in [0, 0.1) is 19.8 Å². The van der Waals surface area contributed by atoms with Crippen LogP contribution < -0.4 is 4.90 Å². The molecule has 0 bridgehead atoms. The van der Waals surface area contributed by atoms with Crippen molar-refractivity contribution in [2.75, 3.05) is 18.0 Å². The van der Waals surface area contributed by atoms with Crippen LogP contribution >= 0.6 is 23.2 Å². The minimum Gasteiger partial charge on any atom is -0.366 e. The summed E-state index contributed by atoms with van der Waals surface area (Å²) in [7, 11) is 0. The number of halogens is 2. The topological polar surface area (TPSA) is 40.6 Å². The molecule has 0 saturated carbocycles. The summed E-state index contributed by atoms with van der Waals surface area (Å²) in [5, 5.41) is 0.851. The largest absolute Gasteiger partial charge is 0.366 e. The van der Waals surface area contributed by atoms with E-state index in [0.29, 0.717) is 38.5 Å². The average molecular weight is 443 g/mol. The SMILES string of the molecule is Cc1cc(C)cc(N2C(=O)C(c3ccc(Cl)cc3Cl)=C(N3CCCC(C)C3)C2=O)c1. The molecule has 0 aliphatic carbocycles. The number of benzene rings is 2. The number of likely N-dealkylation sites (tertiary alicyclic amines) is 1. The van der Waals surface area contributed by atoms with Crippen LogP contribution in [0.1, 0.15) is 36.5 Å². The normalized spacial score (nSPS) is 19.8. The molecule has 30 heavy (non-hydrogen) atoms. The van der Waals surface area contributed by atoms with E-state index in [1.54, 1.807) is 18.2 Å². The number of imide groups is 1. The summed E-state index contributed by atoms with van der Waals surface area (Å²) in [6, 6.07) is 10.8. The molecule has 0 spiro atoms. The van der Waals surface area contributed by atoms with E-state index < -0.39 is 0 Å². The zero-order valence-electron chi connectivity index (χ0n) is 17.3. The molecule has 1 fully saturated rings. The Morgan fingerprint density at radius 1 is 0.967 bits per heavy atom. The van der Waals surface area contributed by atoms with Crippen molar-refractivity contribution in [3.8, 4) is 0 Å². The highest BCUT2D eigenvalue weighted by Crippen LogP contribution is 2.39. The highest BCUT2D eigenvalue weighted by molar-refractivity contribution is 6.47. The molecule has 2 aromatic carbocycles. The van der Waals surface area contributed by atoms with Gasteiger partial charge < -0.3 is 4.90 Å². The molecule has 0 radical (unpaired) electrons. The van der Waals surface area contributed by atoms with Crippen molar-refractivity contribution in [1.82, 2.24) is 4.90 Å². The highest BCUT2D eigenvalue weighted by atomic mass is 35.5. The van der Waals surface area contributed by atoms with Crippen molar-refractivity contribution in [1.29, 1.82) is 0 Å². The monoisotopic (exact) mass is 442 g/mol. The molecular weight excluding hydrogens is 419 g/mol. The average Bonchev–Trinajstić information content (AvgIpc) is 2.91. The molecule has 6 heteroatoms. The van der Waals surface area contributed by atoms with E-state index in [-0.39, 0.29) is 11.8 Å². The quantitative estimate of drug-likeness (QED) is 0.578. The minimum atomic E-state index is -0.345. The van der Waals surface area contributed by atoms with Crippen molar-refractivity contribution < 1.29 is 9.59 Å². The summed E-state index contributed by atoms with van der Waals surface area (Å²) >= 11 is 12.6. The van der Waals surface area contributed by atoms with Gasteiger partial charge in [-0.05, 0) is 68.0 Å². The number of aryl methyl sites for hydroxylation is 2. The van der Waals surface area contributed by atoms with Gasteiger partial charge in [-0.25, -0.2) is 4.90 Å². The summed E-state index contributed by atoms with van der Waals surface area (Å²) in [5.74, 6) is -0.186. The smallest absolute Gasteiger partial charge is 0.282 e. The van der Waals surface area contributed by atoms with Gasteiger partial charge in [-0.15, -0.1) is 0 Å². The first kappa shape index (κ1) is 21.0. The van der Waals surface area contributed by atoms with Crippen LogP contribution in [0.3, 0.4) is 0 Å². The van der Waals surface area contributed by atoms with Crippen molar-refractivity contribution in [2.24, 2.45) is 5.92 Å². The van der Waals surface area contributed by atoms with E-state index >= 15 is 0 Å². The number of piperidine rings is 1. The predicted molar refractivity (Wildman–Crippen MR) is 122 cm³/mol. The Morgan fingerprint density at radius 2 is 1.67 bits per heavy atom. The fourth-order valence-electron chi connectivity index (χ4n) is 4.45. The third-order valence-electron chi connectivity index (χ3n) is 5.70. The Hall–Kier alpha value is -2.30. The van der Waals surface area contributed by atoms with Gasteiger partial charge in [-0.3, -0.25) is 9.59 Å². The fourth-order valence-corrected chi connectivity index (χ4v) is 4.96. The number of anilines is 1. The van der Waals surface area contributed by atoms with E-state index in [0.717, 1.165) is 37.1 Å². The lowest BCUT2D eigenvalue weighted by Crippen LogP contribution is -2.39. The summed E-state index contributed by atoms with van der Waals surface area (Å²) in [4.78, 5) is 30.6. The molecule has 2 aliphatic rings. The van der Waals surface area contributed by atoms with Crippen LogP contribution in [0.4, 0.5) is 5.69 Å². The minimum absolute atomic E-state index is 0.292. The highest BCUT2D eigenvalue weighted by Gasteiger charge is 2.43. The molecule has 0 N–H and O–H groups in total. The van der Waals surface area contributed by atoms with Crippen LogP contribution in [-0.2, 0) is 9.59 Å². The molecule has 156 valence electrons. The van der Waals surface area contributed by atoms with Crippen LogP contribution in [0.15, 0.2) is 42.1 Å². The number of hydrogen-bond donors (Lipinski definition) is 0. The molecular formula is C24H24Cl2N2O2. The van der Waals surface area contributed by atoms with Gasteiger partial charge in [0.1, 0.15) is 5.70 Å². The maximum Gasteiger partial charge on any atom is 0.282 e. The molecule has 2 heterocycles. The van der Waals surface area contributed by atoms with Gasteiger partial charge in [0.2, 0.25) is 0 Å². The molecule has 2 aliphatic heterocycles. The molecule has 1 atom stereocenters. The number of amides is 2. The van der Waals surface area contributed by atoms with Gasteiger partial charge in [0.15, 0.2) is 0 Å². The molecule has 1 unspecified atom stereocenters. The maximum atomic E-state index is 13.6. The summed E-state index contributed by atoms with van der Waals surface area (Å²) in [6.45, 7) is 7.57. The maximum absolute atomic E-state index is 13.6. The number of carbonyl (C=O) groups excluding carboxylic acids is 2. The first-order chi connectivity index (χ1) is 14.3. The first-order valence-electron chi connectivity index (χ1n) is 10.2. The second-order valence-electron chi connectivity index (χ2n) is 8.33. The molecule has 4 nitrogen and oxygen atoms in total. The van der Waals surface area contributed by atoms with Crippen LogP contribution in [0.2, 0.25) is 10.0 Å². The summed E-state index contributed by atoms with van der Waals surface area (Å²) in [5.41, 5.74) is 3.92. The lowest BCUT2D eigenvalue weighted by molar-refractivity contribution is -0.120. The Kier molecular flexibility index (Phi) is 5.65. The van der Waals surface area contributed by atoms with E-state index in [4.69, 9.17) is 23.2 Å². The summed E-state index contributed by atoms with van der Waals surface area (Å²) < 4.78 is 0. The third-order valence-corrected chi connectivity index (χ3v) is 6.25. The van der Waals surface area contributed by atoms with E-state index in [9.17, 15) is 9.59 Å². The van der Waals surface area contributed by atoms with Crippen molar-refractivity contribution in [2.45, 2.75) is 33.6 Å². The van der Waals surface area contributed by atoms with Gasteiger partial charge >= 0.3 is 0 Å². The summed E-state index contributed by atoms with van der Waals surface area (Å²) in [6.07, 6.45) is 2.10. The second-order valence-corrected chi connectivity index (χ2v) is 9.18. The van der Waals surface area contributed by atoms with Gasteiger partial charge in [-0.2, -0.15) is 0 Å². The third kappa shape index (κ3) is 3.75. The molecule has 4 rings (SSSR count).